The number of rotatable bonds is 4. The Morgan fingerprint density at radius 2 is 2.05 bits per heavy atom. The molecule has 2 heterocycles. The van der Waals surface area contributed by atoms with Crippen LogP contribution in [0.1, 0.15) is 38.3 Å². The van der Waals surface area contributed by atoms with Crippen molar-refractivity contribution in [3.8, 4) is 11.4 Å². The molecule has 1 aliphatic carbocycles. The van der Waals surface area contributed by atoms with Gasteiger partial charge in [0.15, 0.2) is 5.82 Å². The summed E-state index contributed by atoms with van der Waals surface area (Å²) in [5.41, 5.74) is 2.34. The molecule has 110 valence electrons. The molecular weight excluding hydrogens is 260 g/mol. The summed E-state index contributed by atoms with van der Waals surface area (Å²) in [4.78, 5) is 13.3. The second kappa shape index (κ2) is 5.80. The molecule has 0 bridgehead atoms. The predicted octanol–water partition coefficient (Wildman–Crippen LogP) is 3.84. The monoisotopic (exact) mass is 282 g/mol. The number of nitrogens with zero attached hydrogens (tertiary/aromatic N) is 3. The maximum atomic E-state index is 4.63. The third-order valence-corrected chi connectivity index (χ3v) is 4.28. The summed E-state index contributed by atoms with van der Waals surface area (Å²) < 4.78 is 0. The van der Waals surface area contributed by atoms with Gasteiger partial charge in [0.05, 0.1) is 0 Å². The summed E-state index contributed by atoms with van der Waals surface area (Å²) in [6.07, 6.45) is 8.87. The molecule has 21 heavy (non-hydrogen) atoms. The summed E-state index contributed by atoms with van der Waals surface area (Å²) in [6, 6.07) is 5.91. The summed E-state index contributed by atoms with van der Waals surface area (Å²) in [7, 11) is 0. The lowest BCUT2D eigenvalue weighted by Gasteiger charge is -2.24. The van der Waals surface area contributed by atoms with Crippen molar-refractivity contribution >= 4 is 5.82 Å². The quantitative estimate of drug-likeness (QED) is 0.925. The fourth-order valence-electron chi connectivity index (χ4n) is 2.99. The van der Waals surface area contributed by atoms with Gasteiger partial charge in [-0.05, 0) is 37.3 Å². The Morgan fingerprint density at radius 3 is 2.76 bits per heavy atom. The molecular formula is C17H22N4. The highest BCUT2D eigenvalue weighted by molar-refractivity contribution is 5.56. The summed E-state index contributed by atoms with van der Waals surface area (Å²) in [6.45, 7) is 5.35. The summed E-state index contributed by atoms with van der Waals surface area (Å²) in [5, 5.41) is 3.51. The average molecular weight is 282 g/mol. The average Bonchev–Trinajstić information content (AvgIpc) is 2.93. The zero-order chi connectivity index (χ0) is 14.7. The maximum absolute atomic E-state index is 4.63. The van der Waals surface area contributed by atoms with E-state index >= 15 is 0 Å². The molecule has 2 aromatic heterocycles. The Balaban J connectivity index is 1.78. The van der Waals surface area contributed by atoms with Gasteiger partial charge in [0.2, 0.25) is 0 Å². The van der Waals surface area contributed by atoms with Gasteiger partial charge in [-0.1, -0.05) is 19.8 Å². The SMILES string of the molecule is Cc1cc(NCC2(C)CCCC2)nc(-c2cccnc2)n1. The minimum Gasteiger partial charge on any atom is -0.369 e. The minimum atomic E-state index is 0.410. The van der Waals surface area contributed by atoms with Crippen molar-refractivity contribution in [1.82, 2.24) is 15.0 Å². The first-order valence-electron chi connectivity index (χ1n) is 7.65. The first kappa shape index (κ1) is 14.0. The zero-order valence-corrected chi connectivity index (χ0v) is 12.8. The fraction of sp³-hybridized carbons (Fsp3) is 0.471. The first-order chi connectivity index (χ1) is 10.1. The van der Waals surface area contributed by atoms with Gasteiger partial charge in [-0.25, -0.2) is 9.97 Å². The Kier molecular flexibility index (Phi) is 3.86. The Hall–Kier alpha value is -1.97. The van der Waals surface area contributed by atoms with Crippen LogP contribution in [0.25, 0.3) is 11.4 Å². The third-order valence-electron chi connectivity index (χ3n) is 4.28. The van der Waals surface area contributed by atoms with Crippen molar-refractivity contribution in [3.63, 3.8) is 0 Å². The first-order valence-corrected chi connectivity index (χ1v) is 7.65. The molecule has 0 amide bonds. The second-order valence-corrected chi connectivity index (χ2v) is 6.33. The van der Waals surface area contributed by atoms with Gasteiger partial charge in [-0.15, -0.1) is 0 Å². The third kappa shape index (κ3) is 3.38. The fourth-order valence-corrected chi connectivity index (χ4v) is 2.99. The summed E-state index contributed by atoms with van der Waals surface area (Å²) in [5.74, 6) is 1.65. The van der Waals surface area contributed by atoms with Crippen LogP contribution in [0.15, 0.2) is 30.6 Å². The number of nitrogens with one attached hydrogen (secondary N) is 1. The molecule has 0 unspecified atom stereocenters. The molecule has 0 saturated heterocycles. The zero-order valence-electron chi connectivity index (χ0n) is 12.8. The van der Waals surface area contributed by atoms with Gasteiger partial charge in [0.25, 0.3) is 0 Å². The van der Waals surface area contributed by atoms with E-state index in [0.29, 0.717) is 5.41 Å². The number of pyridine rings is 1. The highest BCUT2D eigenvalue weighted by Crippen LogP contribution is 2.37. The van der Waals surface area contributed by atoms with E-state index in [1.165, 1.54) is 25.7 Å². The van der Waals surface area contributed by atoms with E-state index in [0.717, 1.165) is 29.4 Å². The Labute approximate surface area is 126 Å². The molecule has 0 radical (unpaired) electrons. The number of hydrogen-bond donors (Lipinski definition) is 1. The van der Waals surface area contributed by atoms with Crippen LogP contribution in [0.3, 0.4) is 0 Å². The van der Waals surface area contributed by atoms with E-state index in [1.807, 2.05) is 25.1 Å². The minimum absolute atomic E-state index is 0.410. The van der Waals surface area contributed by atoms with Crippen LogP contribution in [-0.4, -0.2) is 21.5 Å². The normalized spacial score (nSPS) is 16.9. The van der Waals surface area contributed by atoms with Gasteiger partial charge >= 0.3 is 0 Å². The number of aryl methyl sites for hydroxylation is 1. The molecule has 4 nitrogen and oxygen atoms in total. The van der Waals surface area contributed by atoms with Crippen molar-refractivity contribution in [2.45, 2.75) is 39.5 Å². The Morgan fingerprint density at radius 1 is 1.24 bits per heavy atom. The maximum Gasteiger partial charge on any atom is 0.163 e. The van der Waals surface area contributed by atoms with E-state index < -0.39 is 0 Å². The molecule has 1 saturated carbocycles. The highest BCUT2D eigenvalue weighted by atomic mass is 15.0. The van der Waals surface area contributed by atoms with Crippen LogP contribution in [-0.2, 0) is 0 Å². The van der Waals surface area contributed by atoms with Crippen LogP contribution in [0.4, 0.5) is 5.82 Å². The molecule has 3 rings (SSSR count). The molecule has 4 heteroatoms. The van der Waals surface area contributed by atoms with Crippen molar-refractivity contribution in [3.05, 3.63) is 36.3 Å². The van der Waals surface area contributed by atoms with Gasteiger partial charge in [0.1, 0.15) is 5.82 Å². The van der Waals surface area contributed by atoms with Crippen LogP contribution in [0, 0.1) is 12.3 Å². The molecule has 0 aromatic carbocycles. The van der Waals surface area contributed by atoms with Crippen molar-refractivity contribution in [2.24, 2.45) is 5.41 Å². The number of aromatic nitrogens is 3. The number of hydrogen-bond acceptors (Lipinski definition) is 4. The molecule has 1 fully saturated rings. The van der Waals surface area contributed by atoms with Crippen molar-refractivity contribution < 1.29 is 0 Å². The van der Waals surface area contributed by atoms with Crippen LogP contribution >= 0.6 is 0 Å². The summed E-state index contributed by atoms with van der Waals surface area (Å²) >= 11 is 0. The van der Waals surface area contributed by atoms with Crippen LogP contribution in [0.5, 0.6) is 0 Å². The molecule has 1 aliphatic rings. The lowest BCUT2D eigenvalue weighted by Crippen LogP contribution is -2.23. The largest absolute Gasteiger partial charge is 0.369 e. The van der Waals surface area contributed by atoms with Crippen molar-refractivity contribution in [1.29, 1.82) is 0 Å². The number of anilines is 1. The molecule has 0 atom stereocenters. The standard InChI is InChI=1S/C17H22N4/c1-13-10-15(19-12-17(2)7-3-4-8-17)21-16(20-13)14-6-5-9-18-11-14/h5-6,9-11H,3-4,7-8,12H2,1-2H3,(H,19,20,21). The van der Waals surface area contributed by atoms with E-state index in [2.05, 4.69) is 27.2 Å². The lowest BCUT2D eigenvalue weighted by molar-refractivity contribution is 0.361. The van der Waals surface area contributed by atoms with E-state index in [-0.39, 0.29) is 0 Å². The smallest absolute Gasteiger partial charge is 0.163 e. The molecule has 1 N–H and O–H groups in total. The predicted molar refractivity (Wildman–Crippen MR) is 85.1 cm³/mol. The van der Waals surface area contributed by atoms with E-state index in [4.69, 9.17) is 0 Å². The molecule has 0 aliphatic heterocycles. The Bertz CT molecular complexity index is 603. The van der Waals surface area contributed by atoms with E-state index in [1.54, 1.807) is 12.4 Å². The van der Waals surface area contributed by atoms with Crippen LogP contribution < -0.4 is 5.32 Å². The van der Waals surface area contributed by atoms with E-state index in [9.17, 15) is 0 Å². The molecule has 0 spiro atoms. The van der Waals surface area contributed by atoms with Crippen molar-refractivity contribution in [2.75, 3.05) is 11.9 Å². The van der Waals surface area contributed by atoms with Gasteiger partial charge in [0, 0.05) is 36.3 Å². The second-order valence-electron chi connectivity index (χ2n) is 6.33. The van der Waals surface area contributed by atoms with Gasteiger partial charge < -0.3 is 5.32 Å². The van der Waals surface area contributed by atoms with Gasteiger partial charge in [-0.2, -0.15) is 0 Å². The highest BCUT2D eigenvalue weighted by Gasteiger charge is 2.28. The topological polar surface area (TPSA) is 50.7 Å². The lowest BCUT2D eigenvalue weighted by atomic mass is 9.89. The van der Waals surface area contributed by atoms with Crippen LogP contribution in [0.2, 0.25) is 0 Å². The molecule has 2 aromatic rings. The van der Waals surface area contributed by atoms with Gasteiger partial charge in [-0.3, -0.25) is 4.98 Å².